The van der Waals surface area contributed by atoms with Gasteiger partial charge in [0.05, 0.1) is 0 Å². The molecule has 0 atom stereocenters. The monoisotopic (exact) mass is 298 g/mol. The molecule has 1 saturated carbocycles. The molecule has 0 aromatic heterocycles. The summed E-state index contributed by atoms with van der Waals surface area (Å²) in [6, 6.07) is 0. The van der Waals surface area contributed by atoms with E-state index in [-0.39, 0.29) is 5.41 Å². The first-order chi connectivity index (χ1) is 10.0. The largest absolute Gasteiger partial charge is 0.385 e. The first-order valence-corrected chi connectivity index (χ1v) is 8.96. The summed E-state index contributed by atoms with van der Waals surface area (Å²) >= 11 is 0. The van der Waals surface area contributed by atoms with E-state index in [1.807, 2.05) is 0 Å². The van der Waals surface area contributed by atoms with E-state index >= 15 is 0 Å². The summed E-state index contributed by atoms with van der Waals surface area (Å²) in [5.41, 5.74) is 0.557. The number of hydrogen-bond acceptors (Lipinski definition) is 2. The van der Waals surface area contributed by atoms with Gasteiger partial charge in [0.15, 0.2) is 0 Å². The van der Waals surface area contributed by atoms with E-state index in [1.165, 1.54) is 51.2 Å². The Balaban J connectivity index is 0.000000690. The molecule has 0 aromatic carbocycles. The van der Waals surface area contributed by atoms with Gasteiger partial charge in [0.2, 0.25) is 0 Å². The van der Waals surface area contributed by atoms with Crippen molar-refractivity contribution in [2.75, 3.05) is 13.7 Å². The number of carbonyl (C=O) groups is 1. The third-order valence-corrected chi connectivity index (χ3v) is 5.21. The van der Waals surface area contributed by atoms with Crippen LogP contribution in [0.1, 0.15) is 91.9 Å². The highest BCUT2D eigenvalue weighted by Gasteiger charge is 2.38. The Labute approximate surface area is 133 Å². The van der Waals surface area contributed by atoms with Gasteiger partial charge in [0.1, 0.15) is 6.29 Å². The van der Waals surface area contributed by atoms with Crippen LogP contribution >= 0.6 is 0 Å². The maximum absolute atomic E-state index is 11.0. The molecule has 0 unspecified atom stereocenters. The zero-order valence-electron chi connectivity index (χ0n) is 15.2. The lowest BCUT2D eigenvalue weighted by atomic mass is 9.62. The van der Waals surface area contributed by atoms with Crippen LogP contribution in [0.2, 0.25) is 0 Å². The Morgan fingerprint density at radius 2 is 1.62 bits per heavy atom. The molecule has 21 heavy (non-hydrogen) atoms. The summed E-state index contributed by atoms with van der Waals surface area (Å²) in [4.78, 5) is 11.0. The van der Waals surface area contributed by atoms with Crippen LogP contribution in [0.25, 0.3) is 0 Å². The SMILES string of the molecule is CCCCCC1(CC)CCC(C)(C=O)CC1.CCCOC. The number of methoxy groups -OCH3 is 1. The van der Waals surface area contributed by atoms with Crippen molar-refractivity contribution in [3.05, 3.63) is 0 Å². The van der Waals surface area contributed by atoms with Crippen molar-refractivity contribution in [3.8, 4) is 0 Å². The first-order valence-electron chi connectivity index (χ1n) is 8.96. The van der Waals surface area contributed by atoms with Crippen molar-refractivity contribution in [3.63, 3.8) is 0 Å². The lowest BCUT2D eigenvalue weighted by Crippen LogP contribution is -2.33. The second kappa shape index (κ2) is 11.2. The molecule has 1 fully saturated rings. The third-order valence-electron chi connectivity index (χ3n) is 5.21. The molecule has 0 heterocycles. The molecule has 2 heteroatoms. The molecule has 0 amide bonds. The standard InChI is InChI=1S/C15H28O.C4H10O/c1-4-6-7-8-15(5-2)11-9-14(3,13-16)10-12-15;1-3-4-5-2/h13H,4-12H2,1-3H3;3-4H2,1-2H3. The van der Waals surface area contributed by atoms with E-state index in [4.69, 9.17) is 4.74 Å². The van der Waals surface area contributed by atoms with Crippen LogP contribution < -0.4 is 0 Å². The van der Waals surface area contributed by atoms with Crippen molar-refractivity contribution in [2.45, 2.75) is 91.9 Å². The highest BCUT2D eigenvalue weighted by atomic mass is 16.5. The average molecular weight is 299 g/mol. The number of ether oxygens (including phenoxy) is 1. The maximum Gasteiger partial charge on any atom is 0.125 e. The van der Waals surface area contributed by atoms with Gasteiger partial charge in [-0.2, -0.15) is 0 Å². The molecule has 0 radical (unpaired) electrons. The molecule has 0 aromatic rings. The number of hydrogen-bond donors (Lipinski definition) is 0. The summed E-state index contributed by atoms with van der Waals surface area (Å²) < 4.78 is 4.69. The van der Waals surface area contributed by atoms with E-state index in [2.05, 4.69) is 27.7 Å². The third kappa shape index (κ3) is 7.99. The Kier molecular flexibility index (Phi) is 11.0. The van der Waals surface area contributed by atoms with E-state index in [0.29, 0.717) is 5.41 Å². The number of carbonyl (C=O) groups excluding carboxylic acids is 1. The fourth-order valence-corrected chi connectivity index (χ4v) is 3.20. The van der Waals surface area contributed by atoms with Gasteiger partial charge in [-0.3, -0.25) is 0 Å². The normalized spacial score (nSPS) is 28.6. The zero-order chi connectivity index (χ0) is 16.2. The van der Waals surface area contributed by atoms with Gasteiger partial charge in [-0.1, -0.05) is 53.4 Å². The van der Waals surface area contributed by atoms with Crippen molar-refractivity contribution < 1.29 is 9.53 Å². The molecule has 0 N–H and O–H groups in total. The summed E-state index contributed by atoms with van der Waals surface area (Å²) in [5.74, 6) is 0. The van der Waals surface area contributed by atoms with Crippen LogP contribution in [-0.2, 0) is 9.53 Å². The minimum absolute atomic E-state index is 0.0105. The topological polar surface area (TPSA) is 26.3 Å². The lowest BCUT2D eigenvalue weighted by molar-refractivity contribution is -0.118. The van der Waals surface area contributed by atoms with E-state index < -0.39 is 0 Å². The highest BCUT2D eigenvalue weighted by Crippen LogP contribution is 2.48. The summed E-state index contributed by atoms with van der Waals surface area (Å²) in [6.07, 6.45) is 13.8. The molecular weight excluding hydrogens is 260 g/mol. The quantitative estimate of drug-likeness (QED) is 0.419. The molecule has 1 aliphatic rings. The van der Waals surface area contributed by atoms with Crippen LogP contribution in [0.3, 0.4) is 0 Å². The Bertz CT molecular complexity index is 250. The highest BCUT2D eigenvalue weighted by molar-refractivity contribution is 5.58. The van der Waals surface area contributed by atoms with Crippen LogP contribution in [0.15, 0.2) is 0 Å². The lowest BCUT2D eigenvalue weighted by Gasteiger charge is -2.42. The number of aldehydes is 1. The zero-order valence-corrected chi connectivity index (χ0v) is 15.2. The maximum atomic E-state index is 11.0. The van der Waals surface area contributed by atoms with Gasteiger partial charge >= 0.3 is 0 Å². The molecule has 0 spiro atoms. The first kappa shape index (κ1) is 20.6. The van der Waals surface area contributed by atoms with Crippen LogP contribution in [0.5, 0.6) is 0 Å². The number of rotatable bonds is 8. The molecule has 2 nitrogen and oxygen atoms in total. The van der Waals surface area contributed by atoms with Gasteiger partial charge in [-0.05, 0) is 43.9 Å². The molecule has 0 aliphatic heterocycles. The van der Waals surface area contributed by atoms with Crippen molar-refractivity contribution in [2.24, 2.45) is 10.8 Å². The minimum atomic E-state index is -0.0105. The molecule has 126 valence electrons. The van der Waals surface area contributed by atoms with Crippen LogP contribution in [0.4, 0.5) is 0 Å². The molecule has 1 aliphatic carbocycles. The smallest absolute Gasteiger partial charge is 0.125 e. The van der Waals surface area contributed by atoms with Crippen molar-refractivity contribution in [1.82, 2.24) is 0 Å². The Morgan fingerprint density at radius 3 is 1.95 bits per heavy atom. The van der Waals surface area contributed by atoms with Gasteiger partial charge in [0, 0.05) is 19.1 Å². The van der Waals surface area contributed by atoms with E-state index in [1.54, 1.807) is 7.11 Å². The van der Waals surface area contributed by atoms with Gasteiger partial charge < -0.3 is 9.53 Å². The van der Waals surface area contributed by atoms with E-state index in [9.17, 15) is 4.79 Å². The summed E-state index contributed by atoms with van der Waals surface area (Å²) in [6.45, 7) is 9.70. The summed E-state index contributed by atoms with van der Waals surface area (Å²) in [7, 11) is 1.71. The predicted molar refractivity (Wildman–Crippen MR) is 91.7 cm³/mol. The van der Waals surface area contributed by atoms with Gasteiger partial charge in [0.25, 0.3) is 0 Å². The average Bonchev–Trinajstić information content (AvgIpc) is 2.51. The second-order valence-corrected chi connectivity index (χ2v) is 7.08. The molecule has 1 rings (SSSR count). The number of unbranched alkanes of at least 4 members (excludes halogenated alkanes) is 2. The Morgan fingerprint density at radius 1 is 1.00 bits per heavy atom. The van der Waals surface area contributed by atoms with Gasteiger partial charge in [-0.25, -0.2) is 0 Å². The molecular formula is C19H38O2. The van der Waals surface area contributed by atoms with E-state index in [0.717, 1.165) is 25.9 Å². The van der Waals surface area contributed by atoms with Crippen LogP contribution in [0, 0.1) is 10.8 Å². The second-order valence-electron chi connectivity index (χ2n) is 7.08. The minimum Gasteiger partial charge on any atom is -0.385 e. The molecule has 0 saturated heterocycles. The van der Waals surface area contributed by atoms with Crippen molar-refractivity contribution >= 4 is 6.29 Å². The Hall–Kier alpha value is -0.370. The predicted octanol–water partition coefficient (Wildman–Crippen LogP) is 5.79. The van der Waals surface area contributed by atoms with Crippen LogP contribution in [-0.4, -0.2) is 20.0 Å². The molecule has 0 bridgehead atoms. The fourth-order valence-electron chi connectivity index (χ4n) is 3.20. The summed E-state index contributed by atoms with van der Waals surface area (Å²) in [5, 5.41) is 0. The van der Waals surface area contributed by atoms with Gasteiger partial charge in [-0.15, -0.1) is 0 Å². The fraction of sp³-hybridized carbons (Fsp3) is 0.947. The van der Waals surface area contributed by atoms with Crippen molar-refractivity contribution in [1.29, 1.82) is 0 Å².